The van der Waals surface area contributed by atoms with Crippen LogP contribution in [0.3, 0.4) is 0 Å². The van der Waals surface area contributed by atoms with E-state index in [9.17, 15) is 4.79 Å². The van der Waals surface area contributed by atoms with E-state index < -0.39 is 0 Å². The Morgan fingerprint density at radius 2 is 2.09 bits per heavy atom. The van der Waals surface area contributed by atoms with Crippen LogP contribution in [0.1, 0.15) is 29.8 Å². The molecule has 23 heavy (non-hydrogen) atoms. The fourth-order valence-electron chi connectivity index (χ4n) is 2.35. The number of Topliss-reactive ketones (excluding diaryl/α,β-unsaturated/α-hetero) is 1. The first-order chi connectivity index (χ1) is 11.2. The van der Waals surface area contributed by atoms with Crippen molar-refractivity contribution in [3.63, 3.8) is 0 Å². The number of para-hydroxylation sites is 2. The number of rotatable bonds is 6. The Morgan fingerprint density at radius 3 is 2.83 bits per heavy atom. The van der Waals surface area contributed by atoms with Gasteiger partial charge in [-0.1, -0.05) is 23.9 Å². The first kappa shape index (κ1) is 15.6. The van der Waals surface area contributed by atoms with E-state index in [4.69, 9.17) is 4.74 Å². The average molecular weight is 326 g/mol. The maximum atomic E-state index is 11.6. The Bertz CT molecular complexity index is 809. The number of hydrogen-bond donors (Lipinski definition) is 1. The van der Waals surface area contributed by atoms with E-state index in [0.29, 0.717) is 17.9 Å². The molecule has 0 aliphatic rings. The lowest BCUT2D eigenvalue weighted by Gasteiger charge is -2.10. The number of carbonyl (C=O) groups excluding carboxylic acids is 1. The molecular formula is C18H18N2O2S. The van der Waals surface area contributed by atoms with Crippen LogP contribution in [-0.2, 0) is 5.75 Å². The number of aromatic amines is 1. The third-order valence-electron chi connectivity index (χ3n) is 3.50. The minimum Gasteiger partial charge on any atom is -0.494 e. The lowest BCUT2D eigenvalue weighted by Crippen LogP contribution is -1.99. The van der Waals surface area contributed by atoms with Gasteiger partial charge in [0.05, 0.1) is 17.6 Å². The summed E-state index contributed by atoms with van der Waals surface area (Å²) >= 11 is 1.60. The predicted octanol–water partition coefficient (Wildman–Crippen LogP) is 4.46. The number of ether oxygens (including phenoxy) is 1. The molecule has 1 N–H and O–H groups in total. The van der Waals surface area contributed by atoms with Crippen LogP contribution in [0, 0.1) is 0 Å². The molecule has 4 nitrogen and oxygen atoms in total. The SMILES string of the molecule is CCOc1ccc(C(C)=O)cc1CSc1nc2ccccc2[nH]1. The molecule has 0 amide bonds. The number of hydrogen-bond acceptors (Lipinski definition) is 4. The highest BCUT2D eigenvalue weighted by molar-refractivity contribution is 7.98. The molecule has 0 radical (unpaired) electrons. The van der Waals surface area contributed by atoms with E-state index in [1.165, 1.54) is 0 Å². The molecule has 0 saturated carbocycles. The Hall–Kier alpha value is -2.27. The summed E-state index contributed by atoms with van der Waals surface area (Å²) in [4.78, 5) is 19.5. The largest absolute Gasteiger partial charge is 0.494 e. The first-order valence-electron chi connectivity index (χ1n) is 7.51. The van der Waals surface area contributed by atoms with Crippen molar-refractivity contribution in [3.05, 3.63) is 53.6 Å². The molecule has 0 unspecified atom stereocenters. The van der Waals surface area contributed by atoms with Crippen molar-refractivity contribution in [2.75, 3.05) is 6.61 Å². The summed E-state index contributed by atoms with van der Waals surface area (Å²) in [6.07, 6.45) is 0. The van der Waals surface area contributed by atoms with Crippen LogP contribution in [0.2, 0.25) is 0 Å². The van der Waals surface area contributed by atoms with E-state index in [2.05, 4.69) is 9.97 Å². The van der Waals surface area contributed by atoms with Crippen molar-refractivity contribution >= 4 is 28.6 Å². The number of ketones is 1. The molecule has 0 bridgehead atoms. The van der Waals surface area contributed by atoms with Crippen molar-refractivity contribution in [2.45, 2.75) is 24.8 Å². The Morgan fingerprint density at radius 1 is 1.26 bits per heavy atom. The average Bonchev–Trinajstić information content (AvgIpc) is 2.97. The highest BCUT2D eigenvalue weighted by Gasteiger charge is 2.10. The third-order valence-corrected chi connectivity index (χ3v) is 4.42. The number of imidazole rings is 1. The van der Waals surface area contributed by atoms with Gasteiger partial charge in [-0.3, -0.25) is 4.79 Å². The second-order valence-electron chi connectivity index (χ2n) is 5.16. The lowest BCUT2D eigenvalue weighted by atomic mass is 10.1. The Labute approximate surface area is 139 Å². The van der Waals surface area contributed by atoms with Gasteiger partial charge in [0.2, 0.25) is 0 Å². The quantitative estimate of drug-likeness (QED) is 0.537. The highest BCUT2D eigenvalue weighted by Crippen LogP contribution is 2.29. The molecule has 0 aliphatic carbocycles. The molecule has 1 aromatic heterocycles. The molecule has 0 fully saturated rings. The smallest absolute Gasteiger partial charge is 0.166 e. The van der Waals surface area contributed by atoms with Crippen molar-refractivity contribution in [1.29, 1.82) is 0 Å². The van der Waals surface area contributed by atoms with Crippen molar-refractivity contribution in [1.82, 2.24) is 9.97 Å². The van der Waals surface area contributed by atoms with Crippen molar-refractivity contribution in [2.24, 2.45) is 0 Å². The molecule has 0 spiro atoms. The van der Waals surface area contributed by atoms with Gasteiger partial charge in [0.25, 0.3) is 0 Å². The molecule has 0 saturated heterocycles. The summed E-state index contributed by atoms with van der Waals surface area (Å²) in [5, 5.41) is 0.863. The van der Waals surface area contributed by atoms with Gasteiger partial charge in [-0.15, -0.1) is 0 Å². The minimum atomic E-state index is 0.0584. The zero-order valence-electron chi connectivity index (χ0n) is 13.1. The van der Waals surface area contributed by atoms with Gasteiger partial charge in [0, 0.05) is 16.9 Å². The van der Waals surface area contributed by atoms with E-state index in [1.807, 2.05) is 49.4 Å². The molecule has 3 aromatic rings. The van der Waals surface area contributed by atoms with Gasteiger partial charge in [-0.25, -0.2) is 4.98 Å². The van der Waals surface area contributed by atoms with Crippen LogP contribution in [-0.4, -0.2) is 22.4 Å². The number of nitrogens with zero attached hydrogens (tertiary/aromatic N) is 1. The number of H-pyrrole nitrogens is 1. The second kappa shape index (κ2) is 6.87. The van der Waals surface area contributed by atoms with Gasteiger partial charge in [0.1, 0.15) is 5.75 Å². The Balaban J connectivity index is 1.82. The minimum absolute atomic E-state index is 0.0584. The first-order valence-corrected chi connectivity index (χ1v) is 8.50. The summed E-state index contributed by atoms with van der Waals surface area (Å²) in [6, 6.07) is 13.5. The van der Waals surface area contributed by atoms with Crippen LogP contribution in [0.5, 0.6) is 5.75 Å². The summed E-state index contributed by atoms with van der Waals surface area (Å²) in [5.74, 6) is 1.57. The number of carbonyl (C=O) groups is 1. The number of nitrogens with one attached hydrogen (secondary N) is 1. The number of thioether (sulfide) groups is 1. The fraction of sp³-hybridized carbons (Fsp3) is 0.222. The van der Waals surface area contributed by atoms with Crippen LogP contribution >= 0.6 is 11.8 Å². The second-order valence-corrected chi connectivity index (χ2v) is 6.12. The van der Waals surface area contributed by atoms with Crippen LogP contribution in [0.25, 0.3) is 11.0 Å². The molecule has 0 aliphatic heterocycles. The summed E-state index contributed by atoms with van der Waals surface area (Å²) < 4.78 is 5.66. The monoisotopic (exact) mass is 326 g/mol. The van der Waals surface area contributed by atoms with E-state index in [-0.39, 0.29) is 5.78 Å². The normalized spacial score (nSPS) is 10.9. The van der Waals surface area contributed by atoms with Crippen LogP contribution in [0.4, 0.5) is 0 Å². The van der Waals surface area contributed by atoms with Gasteiger partial charge < -0.3 is 9.72 Å². The lowest BCUT2D eigenvalue weighted by molar-refractivity contribution is 0.101. The molecule has 5 heteroatoms. The van der Waals surface area contributed by atoms with Gasteiger partial charge in [0.15, 0.2) is 10.9 Å². The van der Waals surface area contributed by atoms with Crippen molar-refractivity contribution < 1.29 is 9.53 Å². The van der Waals surface area contributed by atoms with Gasteiger partial charge in [-0.2, -0.15) is 0 Å². The summed E-state index contributed by atoms with van der Waals surface area (Å²) in [7, 11) is 0. The molecule has 0 atom stereocenters. The molecule has 2 aromatic carbocycles. The molecule has 1 heterocycles. The van der Waals surface area contributed by atoms with Crippen LogP contribution in [0.15, 0.2) is 47.6 Å². The molecule has 118 valence electrons. The molecule has 3 rings (SSSR count). The summed E-state index contributed by atoms with van der Waals surface area (Å²) in [6.45, 7) is 4.13. The maximum absolute atomic E-state index is 11.6. The number of fused-ring (bicyclic) bond motifs is 1. The highest BCUT2D eigenvalue weighted by atomic mass is 32.2. The van der Waals surface area contributed by atoms with Gasteiger partial charge >= 0.3 is 0 Å². The molecular weight excluding hydrogens is 308 g/mol. The Kier molecular flexibility index (Phi) is 4.67. The van der Waals surface area contributed by atoms with E-state index >= 15 is 0 Å². The van der Waals surface area contributed by atoms with Crippen LogP contribution < -0.4 is 4.74 Å². The van der Waals surface area contributed by atoms with E-state index in [1.54, 1.807) is 18.7 Å². The zero-order valence-corrected chi connectivity index (χ0v) is 13.9. The van der Waals surface area contributed by atoms with E-state index in [0.717, 1.165) is 27.5 Å². The zero-order chi connectivity index (χ0) is 16.2. The predicted molar refractivity (Wildman–Crippen MR) is 93.3 cm³/mol. The maximum Gasteiger partial charge on any atom is 0.166 e. The number of aromatic nitrogens is 2. The fourth-order valence-corrected chi connectivity index (χ4v) is 3.21. The third kappa shape index (κ3) is 3.56. The summed E-state index contributed by atoms with van der Waals surface area (Å²) in [5.41, 5.74) is 3.69. The van der Waals surface area contributed by atoms with Gasteiger partial charge in [-0.05, 0) is 44.2 Å². The van der Waals surface area contributed by atoms with Crippen molar-refractivity contribution in [3.8, 4) is 5.75 Å². The topological polar surface area (TPSA) is 55.0 Å². The standard InChI is InChI=1S/C18H18N2O2S/c1-3-22-17-9-8-13(12(2)21)10-14(17)11-23-18-19-15-6-4-5-7-16(15)20-18/h4-10H,3,11H2,1-2H3,(H,19,20). The number of benzene rings is 2.